The quantitative estimate of drug-likeness (QED) is 0.754. The van der Waals surface area contributed by atoms with Crippen molar-refractivity contribution in [3.63, 3.8) is 0 Å². The van der Waals surface area contributed by atoms with E-state index in [1.807, 2.05) is 42.5 Å². The number of aromatic nitrogens is 2. The number of benzene rings is 2. The maximum Gasteiger partial charge on any atom is 0.261 e. The Kier molecular flexibility index (Phi) is 4.16. The van der Waals surface area contributed by atoms with Crippen molar-refractivity contribution in [2.45, 2.75) is 12.6 Å². The molecule has 2 N–H and O–H groups in total. The van der Waals surface area contributed by atoms with Crippen LogP contribution < -0.4 is 10.9 Å². The van der Waals surface area contributed by atoms with Gasteiger partial charge in [0.15, 0.2) is 0 Å². The van der Waals surface area contributed by atoms with E-state index in [-0.39, 0.29) is 12.1 Å². The number of anilines is 1. The van der Waals surface area contributed by atoms with E-state index < -0.39 is 6.10 Å². The molecule has 3 rings (SSSR count). The highest BCUT2D eigenvalue weighted by Gasteiger charge is 2.09. The SMILES string of the molecule is O=c1c2ccccc2ncn1C[C@H](O)CNc1ccccc1. The molecular formula is C17H17N3O2. The summed E-state index contributed by atoms with van der Waals surface area (Å²) in [5, 5.41) is 13.8. The number of rotatable bonds is 5. The van der Waals surface area contributed by atoms with Crippen molar-refractivity contribution in [2.24, 2.45) is 0 Å². The zero-order valence-electron chi connectivity index (χ0n) is 12.0. The Hall–Kier alpha value is -2.66. The molecule has 5 heteroatoms. The lowest BCUT2D eigenvalue weighted by atomic mass is 10.2. The lowest BCUT2D eigenvalue weighted by Gasteiger charge is -2.14. The first-order valence-electron chi connectivity index (χ1n) is 7.15. The molecule has 0 bridgehead atoms. The van der Waals surface area contributed by atoms with E-state index in [2.05, 4.69) is 10.3 Å². The molecule has 1 heterocycles. The first kappa shape index (κ1) is 14.3. The third-order valence-corrected chi connectivity index (χ3v) is 3.45. The zero-order chi connectivity index (χ0) is 15.4. The van der Waals surface area contributed by atoms with Crippen LogP contribution in [-0.4, -0.2) is 27.3 Å². The average Bonchev–Trinajstić information content (AvgIpc) is 2.57. The standard InChI is InChI=1S/C17H17N3O2/c21-14(10-18-13-6-2-1-3-7-13)11-20-12-19-16-9-5-4-8-15(16)17(20)22/h1-9,12,14,18,21H,10-11H2/t14-/m1/s1. The molecular weight excluding hydrogens is 278 g/mol. The van der Waals surface area contributed by atoms with E-state index >= 15 is 0 Å². The summed E-state index contributed by atoms with van der Waals surface area (Å²) < 4.78 is 1.44. The van der Waals surface area contributed by atoms with Gasteiger partial charge in [0.25, 0.3) is 5.56 Å². The molecule has 1 aromatic heterocycles. The molecule has 0 unspecified atom stereocenters. The van der Waals surface area contributed by atoms with E-state index in [9.17, 15) is 9.90 Å². The van der Waals surface area contributed by atoms with E-state index in [0.717, 1.165) is 5.69 Å². The number of hydrogen-bond donors (Lipinski definition) is 2. The third kappa shape index (κ3) is 3.15. The first-order chi connectivity index (χ1) is 10.7. The summed E-state index contributed by atoms with van der Waals surface area (Å²) in [4.78, 5) is 16.6. The van der Waals surface area contributed by atoms with Crippen LogP contribution in [0, 0.1) is 0 Å². The van der Waals surface area contributed by atoms with Crippen molar-refractivity contribution < 1.29 is 5.11 Å². The smallest absolute Gasteiger partial charge is 0.261 e. The molecule has 0 amide bonds. The predicted molar refractivity (Wildman–Crippen MR) is 86.9 cm³/mol. The number of fused-ring (bicyclic) bond motifs is 1. The summed E-state index contributed by atoms with van der Waals surface area (Å²) in [6, 6.07) is 16.8. The minimum absolute atomic E-state index is 0.135. The average molecular weight is 295 g/mol. The fourth-order valence-electron chi connectivity index (χ4n) is 2.32. The van der Waals surface area contributed by atoms with Crippen molar-refractivity contribution in [3.8, 4) is 0 Å². The Morgan fingerprint density at radius 1 is 1.09 bits per heavy atom. The van der Waals surface area contributed by atoms with Crippen LogP contribution in [0.5, 0.6) is 0 Å². The first-order valence-corrected chi connectivity index (χ1v) is 7.15. The van der Waals surface area contributed by atoms with Crippen molar-refractivity contribution >= 4 is 16.6 Å². The maximum atomic E-state index is 12.3. The number of nitrogens with one attached hydrogen (secondary N) is 1. The molecule has 5 nitrogen and oxygen atoms in total. The van der Waals surface area contributed by atoms with Crippen LogP contribution in [0.1, 0.15) is 0 Å². The molecule has 0 aliphatic heterocycles. The largest absolute Gasteiger partial charge is 0.389 e. The Bertz CT molecular complexity index is 815. The summed E-state index contributed by atoms with van der Waals surface area (Å²) in [5.74, 6) is 0. The van der Waals surface area contributed by atoms with Gasteiger partial charge in [0, 0.05) is 12.2 Å². The highest BCUT2D eigenvalue weighted by Crippen LogP contribution is 2.06. The number of para-hydroxylation sites is 2. The van der Waals surface area contributed by atoms with Gasteiger partial charge in [-0.25, -0.2) is 4.98 Å². The van der Waals surface area contributed by atoms with Crippen molar-refractivity contribution in [3.05, 3.63) is 71.3 Å². The summed E-state index contributed by atoms with van der Waals surface area (Å²) in [6.07, 6.45) is 0.803. The summed E-state index contributed by atoms with van der Waals surface area (Å²) in [5.41, 5.74) is 1.47. The summed E-state index contributed by atoms with van der Waals surface area (Å²) in [7, 11) is 0. The van der Waals surface area contributed by atoms with Crippen molar-refractivity contribution in [1.82, 2.24) is 9.55 Å². The van der Waals surface area contributed by atoms with Gasteiger partial charge in [0.1, 0.15) is 0 Å². The number of hydrogen-bond acceptors (Lipinski definition) is 4. The monoisotopic (exact) mass is 295 g/mol. The fraction of sp³-hybridized carbons (Fsp3) is 0.176. The van der Waals surface area contributed by atoms with Crippen LogP contribution in [0.15, 0.2) is 65.7 Å². The van der Waals surface area contributed by atoms with Gasteiger partial charge in [-0.3, -0.25) is 9.36 Å². The van der Waals surface area contributed by atoms with Crippen LogP contribution in [0.4, 0.5) is 5.69 Å². The van der Waals surface area contributed by atoms with Gasteiger partial charge in [-0.05, 0) is 24.3 Å². The normalized spacial score (nSPS) is 12.2. The molecule has 1 atom stereocenters. The highest BCUT2D eigenvalue weighted by atomic mass is 16.3. The minimum atomic E-state index is -0.680. The topological polar surface area (TPSA) is 67.2 Å². The molecule has 0 saturated heterocycles. The van der Waals surface area contributed by atoms with Crippen LogP contribution in [0.25, 0.3) is 10.9 Å². The Balaban J connectivity index is 1.70. The predicted octanol–water partition coefficient (Wildman–Crippen LogP) is 1.87. The fourth-order valence-corrected chi connectivity index (χ4v) is 2.32. The van der Waals surface area contributed by atoms with Gasteiger partial charge in [0.2, 0.25) is 0 Å². The second-order valence-corrected chi connectivity index (χ2v) is 5.12. The molecule has 112 valence electrons. The van der Waals surface area contributed by atoms with Crippen LogP contribution >= 0.6 is 0 Å². The maximum absolute atomic E-state index is 12.3. The van der Waals surface area contributed by atoms with Gasteiger partial charge in [-0.15, -0.1) is 0 Å². The van der Waals surface area contributed by atoms with Crippen LogP contribution in [0.3, 0.4) is 0 Å². The number of aliphatic hydroxyl groups is 1. The van der Waals surface area contributed by atoms with Gasteiger partial charge in [0.05, 0.1) is 29.9 Å². The molecule has 0 aliphatic rings. The van der Waals surface area contributed by atoms with Gasteiger partial charge < -0.3 is 10.4 Å². The molecule has 0 fully saturated rings. The number of nitrogens with zero attached hydrogens (tertiary/aromatic N) is 2. The lowest BCUT2D eigenvalue weighted by Crippen LogP contribution is -2.31. The Labute approximate surface area is 127 Å². The molecule has 22 heavy (non-hydrogen) atoms. The van der Waals surface area contributed by atoms with Gasteiger partial charge in [-0.1, -0.05) is 30.3 Å². The van der Waals surface area contributed by atoms with Gasteiger partial charge >= 0.3 is 0 Å². The summed E-state index contributed by atoms with van der Waals surface area (Å²) >= 11 is 0. The Morgan fingerprint density at radius 2 is 1.82 bits per heavy atom. The van der Waals surface area contributed by atoms with E-state index in [1.54, 1.807) is 12.1 Å². The highest BCUT2D eigenvalue weighted by molar-refractivity contribution is 5.76. The minimum Gasteiger partial charge on any atom is -0.389 e. The summed E-state index contributed by atoms with van der Waals surface area (Å²) in [6.45, 7) is 0.569. The van der Waals surface area contributed by atoms with E-state index in [4.69, 9.17) is 0 Å². The molecule has 0 aliphatic carbocycles. The third-order valence-electron chi connectivity index (χ3n) is 3.45. The van der Waals surface area contributed by atoms with Crippen molar-refractivity contribution in [2.75, 3.05) is 11.9 Å². The van der Waals surface area contributed by atoms with E-state index in [0.29, 0.717) is 17.4 Å². The van der Waals surface area contributed by atoms with Gasteiger partial charge in [-0.2, -0.15) is 0 Å². The zero-order valence-corrected chi connectivity index (χ0v) is 12.0. The Morgan fingerprint density at radius 3 is 2.64 bits per heavy atom. The molecule has 3 aromatic rings. The number of aliphatic hydroxyl groups excluding tert-OH is 1. The lowest BCUT2D eigenvalue weighted by molar-refractivity contribution is 0.165. The molecule has 0 radical (unpaired) electrons. The van der Waals surface area contributed by atoms with E-state index in [1.165, 1.54) is 10.9 Å². The molecule has 2 aromatic carbocycles. The molecule has 0 spiro atoms. The van der Waals surface area contributed by atoms with Crippen LogP contribution in [0.2, 0.25) is 0 Å². The molecule has 0 saturated carbocycles. The van der Waals surface area contributed by atoms with Crippen molar-refractivity contribution in [1.29, 1.82) is 0 Å². The van der Waals surface area contributed by atoms with Crippen LogP contribution in [-0.2, 0) is 6.54 Å². The second kappa shape index (κ2) is 6.41. The second-order valence-electron chi connectivity index (χ2n) is 5.12.